The number of nitrogens with zero attached hydrogens (tertiary/aromatic N) is 1. The molecule has 20 heavy (non-hydrogen) atoms. The van der Waals surface area contributed by atoms with E-state index in [1.807, 2.05) is 12.1 Å². The standard InChI is InChI=1S/C16H24N2O2/c1-12(2)11-20-15-5-3-13(4-6-15)9-18-8-7-14(10-18)16(17)19/h3-6,12,14H,7-11H2,1-2H3,(H2,17,19). The molecule has 1 fully saturated rings. The Bertz CT molecular complexity index is 442. The maximum atomic E-state index is 11.2. The molecule has 0 aromatic heterocycles. The van der Waals surface area contributed by atoms with E-state index in [0.29, 0.717) is 5.92 Å². The van der Waals surface area contributed by atoms with Gasteiger partial charge in [0, 0.05) is 13.1 Å². The molecule has 1 heterocycles. The Morgan fingerprint density at radius 3 is 2.65 bits per heavy atom. The van der Waals surface area contributed by atoms with Crippen molar-refractivity contribution < 1.29 is 9.53 Å². The lowest BCUT2D eigenvalue weighted by molar-refractivity contribution is -0.121. The van der Waals surface area contributed by atoms with Gasteiger partial charge in [-0.1, -0.05) is 26.0 Å². The third kappa shape index (κ3) is 4.23. The highest BCUT2D eigenvalue weighted by Gasteiger charge is 2.26. The van der Waals surface area contributed by atoms with E-state index < -0.39 is 0 Å². The minimum atomic E-state index is -0.176. The molecule has 110 valence electrons. The summed E-state index contributed by atoms with van der Waals surface area (Å²) in [5.74, 6) is 1.29. The zero-order valence-corrected chi connectivity index (χ0v) is 12.3. The van der Waals surface area contributed by atoms with Crippen LogP contribution in [-0.2, 0) is 11.3 Å². The molecule has 1 saturated heterocycles. The van der Waals surface area contributed by atoms with Crippen molar-refractivity contribution in [3.63, 3.8) is 0 Å². The van der Waals surface area contributed by atoms with Crippen molar-refractivity contribution in [2.24, 2.45) is 17.6 Å². The highest BCUT2D eigenvalue weighted by Crippen LogP contribution is 2.20. The Morgan fingerprint density at radius 1 is 1.40 bits per heavy atom. The number of amides is 1. The first-order valence-electron chi connectivity index (χ1n) is 7.28. The van der Waals surface area contributed by atoms with Gasteiger partial charge in [0.05, 0.1) is 12.5 Å². The first-order chi connectivity index (χ1) is 9.54. The molecule has 2 N–H and O–H groups in total. The Hall–Kier alpha value is -1.55. The van der Waals surface area contributed by atoms with Crippen LogP contribution >= 0.6 is 0 Å². The number of likely N-dealkylation sites (tertiary alicyclic amines) is 1. The molecule has 1 aliphatic rings. The zero-order chi connectivity index (χ0) is 14.5. The summed E-state index contributed by atoms with van der Waals surface area (Å²) in [7, 11) is 0. The van der Waals surface area contributed by atoms with Crippen molar-refractivity contribution in [2.45, 2.75) is 26.8 Å². The van der Waals surface area contributed by atoms with E-state index >= 15 is 0 Å². The van der Waals surface area contributed by atoms with Crippen molar-refractivity contribution >= 4 is 5.91 Å². The van der Waals surface area contributed by atoms with Crippen LogP contribution in [0, 0.1) is 11.8 Å². The fraction of sp³-hybridized carbons (Fsp3) is 0.562. The van der Waals surface area contributed by atoms with Gasteiger partial charge < -0.3 is 10.5 Å². The van der Waals surface area contributed by atoms with Crippen molar-refractivity contribution in [1.82, 2.24) is 4.90 Å². The van der Waals surface area contributed by atoms with E-state index in [0.717, 1.165) is 38.4 Å². The van der Waals surface area contributed by atoms with Gasteiger partial charge in [-0.2, -0.15) is 0 Å². The molecule has 1 aliphatic heterocycles. The molecule has 0 spiro atoms. The van der Waals surface area contributed by atoms with Gasteiger partial charge in [0.25, 0.3) is 0 Å². The molecular weight excluding hydrogens is 252 g/mol. The van der Waals surface area contributed by atoms with E-state index in [4.69, 9.17) is 10.5 Å². The van der Waals surface area contributed by atoms with Crippen LogP contribution in [0.2, 0.25) is 0 Å². The van der Waals surface area contributed by atoms with Gasteiger partial charge in [0.15, 0.2) is 0 Å². The summed E-state index contributed by atoms with van der Waals surface area (Å²) in [6.45, 7) is 7.61. The lowest BCUT2D eigenvalue weighted by Gasteiger charge is -2.16. The lowest BCUT2D eigenvalue weighted by atomic mass is 10.1. The minimum Gasteiger partial charge on any atom is -0.493 e. The van der Waals surface area contributed by atoms with Gasteiger partial charge in [-0.25, -0.2) is 0 Å². The monoisotopic (exact) mass is 276 g/mol. The molecule has 0 aliphatic carbocycles. The van der Waals surface area contributed by atoms with E-state index in [9.17, 15) is 4.79 Å². The molecule has 0 bridgehead atoms. The number of carbonyl (C=O) groups is 1. The molecular formula is C16H24N2O2. The maximum Gasteiger partial charge on any atom is 0.221 e. The van der Waals surface area contributed by atoms with Crippen LogP contribution in [-0.4, -0.2) is 30.5 Å². The second-order valence-electron chi connectivity index (χ2n) is 5.97. The summed E-state index contributed by atoms with van der Waals surface area (Å²) in [6.07, 6.45) is 0.880. The van der Waals surface area contributed by atoms with E-state index in [1.54, 1.807) is 0 Å². The van der Waals surface area contributed by atoms with Gasteiger partial charge in [-0.15, -0.1) is 0 Å². The number of rotatable bonds is 6. The Kier molecular flexibility index (Phi) is 5.01. The summed E-state index contributed by atoms with van der Waals surface area (Å²) in [6, 6.07) is 8.21. The first kappa shape index (κ1) is 14.9. The average Bonchev–Trinajstić information content (AvgIpc) is 2.86. The topological polar surface area (TPSA) is 55.6 Å². The zero-order valence-electron chi connectivity index (χ0n) is 12.3. The number of ether oxygens (including phenoxy) is 1. The van der Waals surface area contributed by atoms with Gasteiger partial charge in [-0.3, -0.25) is 9.69 Å². The molecule has 1 amide bonds. The largest absolute Gasteiger partial charge is 0.493 e. The number of carbonyl (C=O) groups excluding carboxylic acids is 1. The van der Waals surface area contributed by atoms with Gasteiger partial charge in [-0.05, 0) is 36.6 Å². The summed E-state index contributed by atoms with van der Waals surface area (Å²) in [5, 5.41) is 0. The molecule has 0 radical (unpaired) electrons. The van der Waals surface area contributed by atoms with Crippen molar-refractivity contribution in [3.8, 4) is 5.75 Å². The van der Waals surface area contributed by atoms with E-state index in [1.165, 1.54) is 5.56 Å². The first-order valence-corrected chi connectivity index (χ1v) is 7.28. The number of primary amides is 1. The molecule has 1 aromatic rings. The van der Waals surface area contributed by atoms with Crippen LogP contribution in [0.1, 0.15) is 25.8 Å². The van der Waals surface area contributed by atoms with Crippen LogP contribution in [0.4, 0.5) is 0 Å². The Morgan fingerprint density at radius 2 is 2.10 bits per heavy atom. The molecule has 4 heteroatoms. The van der Waals surface area contributed by atoms with Crippen LogP contribution in [0.15, 0.2) is 24.3 Å². The fourth-order valence-electron chi connectivity index (χ4n) is 2.42. The Balaban J connectivity index is 1.83. The second-order valence-corrected chi connectivity index (χ2v) is 5.97. The van der Waals surface area contributed by atoms with E-state index in [-0.39, 0.29) is 11.8 Å². The van der Waals surface area contributed by atoms with Crippen LogP contribution in [0.3, 0.4) is 0 Å². The maximum absolute atomic E-state index is 11.2. The van der Waals surface area contributed by atoms with Crippen molar-refractivity contribution in [3.05, 3.63) is 29.8 Å². The normalized spacial score (nSPS) is 19.4. The Labute approximate surface area is 120 Å². The third-order valence-corrected chi connectivity index (χ3v) is 3.59. The smallest absolute Gasteiger partial charge is 0.221 e. The quantitative estimate of drug-likeness (QED) is 0.865. The number of hydrogen-bond acceptors (Lipinski definition) is 3. The SMILES string of the molecule is CC(C)COc1ccc(CN2CCC(C(N)=O)C2)cc1. The fourth-order valence-corrected chi connectivity index (χ4v) is 2.42. The molecule has 0 saturated carbocycles. The van der Waals surface area contributed by atoms with Gasteiger partial charge in [0.2, 0.25) is 5.91 Å². The predicted molar refractivity (Wildman–Crippen MR) is 79.4 cm³/mol. The molecule has 4 nitrogen and oxygen atoms in total. The van der Waals surface area contributed by atoms with Crippen LogP contribution in [0.25, 0.3) is 0 Å². The molecule has 1 unspecified atom stereocenters. The van der Waals surface area contributed by atoms with Gasteiger partial charge >= 0.3 is 0 Å². The number of nitrogens with two attached hydrogens (primary N) is 1. The summed E-state index contributed by atoms with van der Waals surface area (Å²) >= 11 is 0. The van der Waals surface area contributed by atoms with Crippen LogP contribution in [0.5, 0.6) is 5.75 Å². The summed E-state index contributed by atoms with van der Waals surface area (Å²) in [5.41, 5.74) is 6.59. The average molecular weight is 276 g/mol. The van der Waals surface area contributed by atoms with Gasteiger partial charge in [0.1, 0.15) is 5.75 Å². The number of hydrogen-bond donors (Lipinski definition) is 1. The van der Waals surface area contributed by atoms with Crippen LogP contribution < -0.4 is 10.5 Å². The highest BCUT2D eigenvalue weighted by atomic mass is 16.5. The van der Waals surface area contributed by atoms with E-state index in [2.05, 4.69) is 30.9 Å². The van der Waals surface area contributed by atoms with Crippen molar-refractivity contribution in [2.75, 3.05) is 19.7 Å². The number of benzene rings is 1. The second kappa shape index (κ2) is 6.75. The molecule has 1 atom stereocenters. The minimum absolute atomic E-state index is 0.0173. The summed E-state index contributed by atoms with van der Waals surface area (Å²) < 4.78 is 5.67. The molecule has 2 rings (SSSR count). The third-order valence-electron chi connectivity index (χ3n) is 3.59. The highest BCUT2D eigenvalue weighted by molar-refractivity contribution is 5.77. The summed E-state index contributed by atoms with van der Waals surface area (Å²) in [4.78, 5) is 13.4. The predicted octanol–water partition coefficient (Wildman–Crippen LogP) is 2.03. The molecule has 1 aromatic carbocycles. The van der Waals surface area contributed by atoms with Crippen molar-refractivity contribution in [1.29, 1.82) is 0 Å². The lowest BCUT2D eigenvalue weighted by Crippen LogP contribution is -2.27.